The average Bonchev–Trinajstić information content (AvgIpc) is 2.91. The van der Waals surface area contributed by atoms with Crippen LogP contribution in [0.25, 0.3) is 6.08 Å². The average molecular weight is 301 g/mol. The second kappa shape index (κ2) is 8.27. The molecule has 4 heteroatoms. The van der Waals surface area contributed by atoms with E-state index in [1.165, 1.54) is 10.4 Å². The maximum Gasteiger partial charge on any atom is 0.407 e. The zero-order valence-electron chi connectivity index (χ0n) is 12.0. The normalized spacial score (nSPS) is 10.7. The molecule has 0 atom stereocenters. The lowest BCUT2D eigenvalue weighted by atomic mass is 10.2. The summed E-state index contributed by atoms with van der Waals surface area (Å²) < 4.78 is 5.13. The predicted molar refractivity (Wildman–Crippen MR) is 87.3 cm³/mol. The summed E-state index contributed by atoms with van der Waals surface area (Å²) in [5.41, 5.74) is 2.27. The molecular weight excluding hydrogens is 282 g/mol. The van der Waals surface area contributed by atoms with Gasteiger partial charge in [-0.1, -0.05) is 36.4 Å². The van der Waals surface area contributed by atoms with E-state index < -0.39 is 0 Å². The number of hydrogen-bond acceptors (Lipinski definition) is 3. The molecule has 0 fully saturated rings. The molecule has 1 aromatic heterocycles. The van der Waals surface area contributed by atoms with Gasteiger partial charge < -0.3 is 10.1 Å². The van der Waals surface area contributed by atoms with Crippen LogP contribution in [0.2, 0.25) is 0 Å². The van der Waals surface area contributed by atoms with Crippen molar-refractivity contribution in [2.45, 2.75) is 20.0 Å². The van der Waals surface area contributed by atoms with Crippen molar-refractivity contribution in [1.29, 1.82) is 0 Å². The van der Waals surface area contributed by atoms with Crippen LogP contribution in [0.5, 0.6) is 0 Å². The van der Waals surface area contributed by atoms with E-state index in [4.69, 9.17) is 4.74 Å². The van der Waals surface area contributed by atoms with Gasteiger partial charge in [0.15, 0.2) is 0 Å². The third-order valence-electron chi connectivity index (χ3n) is 2.96. The Morgan fingerprint density at radius 1 is 1.29 bits per heavy atom. The third kappa shape index (κ3) is 5.44. The third-order valence-corrected chi connectivity index (χ3v) is 3.95. The Hall–Kier alpha value is -2.07. The molecule has 0 aliphatic carbocycles. The molecule has 1 aromatic carbocycles. The summed E-state index contributed by atoms with van der Waals surface area (Å²) in [6.45, 7) is 2.97. The lowest BCUT2D eigenvalue weighted by Gasteiger charge is -2.05. The number of thiophene rings is 1. The Morgan fingerprint density at radius 3 is 2.81 bits per heavy atom. The number of amides is 1. The molecule has 21 heavy (non-hydrogen) atoms. The molecule has 110 valence electrons. The van der Waals surface area contributed by atoms with Gasteiger partial charge in [0.05, 0.1) is 0 Å². The van der Waals surface area contributed by atoms with Crippen molar-refractivity contribution in [3.63, 3.8) is 0 Å². The van der Waals surface area contributed by atoms with Gasteiger partial charge >= 0.3 is 6.09 Å². The van der Waals surface area contributed by atoms with Gasteiger partial charge in [-0.3, -0.25) is 0 Å². The van der Waals surface area contributed by atoms with Gasteiger partial charge in [0.25, 0.3) is 0 Å². The van der Waals surface area contributed by atoms with Gasteiger partial charge in [-0.25, -0.2) is 4.79 Å². The number of benzene rings is 1. The number of alkyl carbamates (subject to hydrolysis) is 1. The number of carbonyl (C=O) groups is 1. The Morgan fingerprint density at radius 2 is 2.10 bits per heavy atom. The van der Waals surface area contributed by atoms with E-state index in [-0.39, 0.29) is 6.09 Å². The summed E-state index contributed by atoms with van der Waals surface area (Å²) in [7, 11) is 0. The molecule has 2 rings (SSSR count). The minimum absolute atomic E-state index is 0.302. The molecule has 1 N–H and O–H groups in total. The lowest BCUT2D eigenvalue weighted by Crippen LogP contribution is -2.24. The van der Waals surface area contributed by atoms with Gasteiger partial charge in [-0.15, -0.1) is 11.3 Å². The van der Waals surface area contributed by atoms with Gasteiger partial charge in [0.2, 0.25) is 0 Å². The van der Waals surface area contributed by atoms with Crippen molar-refractivity contribution in [1.82, 2.24) is 5.32 Å². The molecule has 0 aliphatic heterocycles. The first-order valence-electron chi connectivity index (χ1n) is 6.91. The highest BCUT2D eigenvalue weighted by Crippen LogP contribution is 2.17. The van der Waals surface area contributed by atoms with Crippen molar-refractivity contribution in [3.05, 3.63) is 63.9 Å². The summed E-state index contributed by atoms with van der Waals surface area (Å²) in [6.07, 6.45) is 4.57. The molecule has 0 aliphatic rings. The number of aryl methyl sites for hydroxylation is 1. The van der Waals surface area contributed by atoms with Crippen molar-refractivity contribution in [2.24, 2.45) is 0 Å². The fourth-order valence-electron chi connectivity index (χ4n) is 1.78. The molecule has 0 saturated heterocycles. The molecule has 0 saturated carbocycles. The van der Waals surface area contributed by atoms with E-state index in [9.17, 15) is 4.79 Å². The first-order valence-corrected chi connectivity index (χ1v) is 7.79. The van der Waals surface area contributed by atoms with E-state index in [0.29, 0.717) is 13.2 Å². The summed E-state index contributed by atoms with van der Waals surface area (Å²) in [5, 5.41) is 4.82. The Kier molecular flexibility index (Phi) is 6.03. The molecule has 2 aromatic rings. The standard InChI is InChI=1S/C17H19NO2S/c1-14-10-12-21-16(14)9-5-6-11-18-17(19)20-13-15-7-3-2-4-8-15/h2-5,7-10,12H,6,11,13H2,1H3,(H,18,19). The predicted octanol–water partition coefficient (Wildman–Crippen LogP) is 4.39. The minimum atomic E-state index is -0.375. The monoisotopic (exact) mass is 301 g/mol. The van der Waals surface area contributed by atoms with E-state index in [2.05, 4.69) is 35.8 Å². The molecular formula is C17H19NO2S. The SMILES string of the molecule is Cc1ccsc1C=CCCNC(=O)OCc1ccccc1. The van der Waals surface area contributed by atoms with Crippen LogP contribution in [0.4, 0.5) is 4.79 Å². The Bertz CT molecular complexity index is 590. The van der Waals surface area contributed by atoms with Gasteiger partial charge in [0.1, 0.15) is 6.61 Å². The second-order valence-corrected chi connectivity index (χ2v) is 5.60. The second-order valence-electron chi connectivity index (χ2n) is 4.65. The molecule has 0 radical (unpaired) electrons. The van der Waals surface area contributed by atoms with Crippen LogP contribution in [0.3, 0.4) is 0 Å². The fourth-order valence-corrected chi connectivity index (χ4v) is 2.62. The quantitative estimate of drug-likeness (QED) is 0.804. The zero-order chi connectivity index (χ0) is 14.9. The number of nitrogens with one attached hydrogen (secondary N) is 1. The Balaban J connectivity index is 1.61. The van der Waals surface area contributed by atoms with Crippen molar-refractivity contribution in [2.75, 3.05) is 6.54 Å². The van der Waals surface area contributed by atoms with Crippen LogP contribution < -0.4 is 5.32 Å². The number of rotatable bonds is 6. The first-order chi connectivity index (χ1) is 10.3. The minimum Gasteiger partial charge on any atom is -0.445 e. The maximum absolute atomic E-state index is 11.5. The zero-order valence-corrected chi connectivity index (χ0v) is 12.9. The largest absolute Gasteiger partial charge is 0.445 e. The van der Waals surface area contributed by atoms with E-state index >= 15 is 0 Å². The van der Waals surface area contributed by atoms with Crippen LogP contribution in [-0.2, 0) is 11.3 Å². The topological polar surface area (TPSA) is 38.3 Å². The molecule has 1 amide bonds. The summed E-state index contributed by atoms with van der Waals surface area (Å²) in [5.74, 6) is 0. The fraction of sp³-hybridized carbons (Fsp3) is 0.235. The maximum atomic E-state index is 11.5. The highest BCUT2D eigenvalue weighted by Gasteiger charge is 2.00. The van der Waals surface area contributed by atoms with Crippen molar-refractivity contribution in [3.8, 4) is 0 Å². The van der Waals surface area contributed by atoms with Gasteiger partial charge in [0, 0.05) is 11.4 Å². The summed E-state index contributed by atoms with van der Waals surface area (Å²) in [4.78, 5) is 12.8. The number of hydrogen-bond donors (Lipinski definition) is 1. The van der Waals surface area contributed by atoms with Crippen LogP contribution >= 0.6 is 11.3 Å². The lowest BCUT2D eigenvalue weighted by molar-refractivity contribution is 0.140. The highest BCUT2D eigenvalue weighted by molar-refractivity contribution is 7.11. The molecule has 0 bridgehead atoms. The molecule has 3 nitrogen and oxygen atoms in total. The van der Waals surface area contributed by atoms with Crippen molar-refractivity contribution < 1.29 is 9.53 Å². The van der Waals surface area contributed by atoms with Crippen LogP contribution in [-0.4, -0.2) is 12.6 Å². The number of carbonyl (C=O) groups excluding carboxylic acids is 1. The summed E-state index contributed by atoms with van der Waals surface area (Å²) in [6, 6.07) is 11.7. The molecule has 0 unspecified atom stereocenters. The first kappa shape index (κ1) is 15.3. The van der Waals surface area contributed by atoms with E-state index in [1.807, 2.05) is 30.3 Å². The molecule has 0 spiro atoms. The van der Waals surface area contributed by atoms with Crippen LogP contribution in [0.15, 0.2) is 47.9 Å². The highest BCUT2D eigenvalue weighted by atomic mass is 32.1. The summed E-state index contributed by atoms with van der Waals surface area (Å²) >= 11 is 1.72. The van der Waals surface area contributed by atoms with Crippen molar-refractivity contribution >= 4 is 23.5 Å². The smallest absolute Gasteiger partial charge is 0.407 e. The van der Waals surface area contributed by atoms with E-state index in [0.717, 1.165) is 12.0 Å². The molecule has 1 heterocycles. The number of ether oxygens (including phenoxy) is 1. The van der Waals surface area contributed by atoms with E-state index in [1.54, 1.807) is 11.3 Å². The van der Waals surface area contributed by atoms with Crippen LogP contribution in [0, 0.1) is 6.92 Å². The van der Waals surface area contributed by atoms with Gasteiger partial charge in [-0.05, 0) is 42.0 Å². The van der Waals surface area contributed by atoms with Gasteiger partial charge in [-0.2, -0.15) is 0 Å². The van der Waals surface area contributed by atoms with Crippen LogP contribution in [0.1, 0.15) is 22.4 Å². The Labute approximate surface area is 129 Å².